The second kappa shape index (κ2) is 4.92. The first kappa shape index (κ1) is 12.2. The fourth-order valence-electron chi connectivity index (χ4n) is 1.81. The Kier molecular flexibility index (Phi) is 3.52. The van der Waals surface area contributed by atoms with E-state index in [-0.39, 0.29) is 0 Å². The summed E-state index contributed by atoms with van der Waals surface area (Å²) in [5.41, 5.74) is 3.97. The summed E-state index contributed by atoms with van der Waals surface area (Å²) in [6, 6.07) is 6.65. The molecule has 0 unspecified atom stereocenters. The number of thioether (sulfide) groups is 1. The van der Waals surface area contributed by atoms with Gasteiger partial charge in [-0.25, -0.2) is 0 Å². The molecule has 0 aliphatic carbocycles. The Labute approximate surface area is 106 Å². The lowest BCUT2D eigenvalue weighted by atomic mass is 10.1. The molecule has 0 amide bonds. The summed E-state index contributed by atoms with van der Waals surface area (Å²) in [5.74, 6) is 1.89. The summed E-state index contributed by atoms with van der Waals surface area (Å²) >= 11 is 1.73. The molecule has 3 nitrogen and oxygen atoms in total. The number of rotatable bonds is 3. The molecule has 0 saturated heterocycles. The van der Waals surface area contributed by atoms with Gasteiger partial charge in [0.1, 0.15) is 5.82 Å². The zero-order valence-electron chi connectivity index (χ0n) is 10.7. The van der Waals surface area contributed by atoms with Crippen LogP contribution in [0.2, 0.25) is 0 Å². The summed E-state index contributed by atoms with van der Waals surface area (Å²) in [4.78, 5) is 0. The zero-order valence-corrected chi connectivity index (χ0v) is 11.5. The topological polar surface area (TPSA) is 30.7 Å². The molecule has 2 aromatic rings. The molecular formula is C13H17N3S. The minimum absolute atomic E-state index is 0.939. The maximum atomic E-state index is 4.15. The molecule has 2 rings (SSSR count). The highest BCUT2D eigenvalue weighted by atomic mass is 32.2. The molecule has 0 N–H and O–H groups in total. The number of nitrogens with zero attached hydrogens (tertiary/aromatic N) is 3. The predicted octanol–water partition coefficient (Wildman–Crippen LogP) is 3.03. The predicted molar refractivity (Wildman–Crippen MR) is 71.2 cm³/mol. The Hall–Kier alpha value is -1.29. The minimum atomic E-state index is 0.939. The van der Waals surface area contributed by atoms with Crippen molar-refractivity contribution in [3.8, 4) is 0 Å². The van der Waals surface area contributed by atoms with Gasteiger partial charge in [0.05, 0.1) is 0 Å². The molecule has 0 radical (unpaired) electrons. The van der Waals surface area contributed by atoms with E-state index in [1.165, 1.54) is 16.7 Å². The van der Waals surface area contributed by atoms with Crippen molar-refractivity contribution >= 4 is 11.8 Å². The molecule has 1 aromatic heterocycles. The van der Waals surface area contributed by atoms with E-state index in [4.69, 9.17) is 0 Å². The van der Waals surface area contributed by atoms with E-state index in [0.29, 0.717) is 0 Å². The third-order valence-corrected chi connectivity index (χ3v) is 3.79. The van der Waals surface area contributed by atoms with Crippen LogP contribution in [-0.2, 0) is 12.8 Å². The number of hydrogen-bond acceptors (Lipinski definition) is 3. The SMILES string of the molecule is Cc1cc(C)cc(CSc2nnc(C)n2C)c1. The van der Waals surface area contributed by atoms with E-state index >= 15 is 0 Å². The second-order valence-electron chi connectivity index (χ2n) is 4.37. The van der Waals surface area contributed by atoms with Crippen LogP contribution in [-0.4, -0.2) is 14.8 Å². The van der Waals surface area contributed by atoms with Crippen LogP contribution in [0.3, 0.4) is 0 Å². The van der Waals surface area contributed by atoms with E-state index in [2.05, 4.69) is 42.2 Å². The third-order valence-electron chi connectivity index (χ3n) is 2.70. The Morgan fingerprint density at radius 2 is 1.71 bits per heavy atom. The van der Waals surface area contributed by atoms with Crippen molar-refractivity contribution < 1.29 is 0 Å². The lowest BCUT2D eigenvalue weighted by Crippen LogP contribution is -1.94. The van der Waals surface area contributed by atoms with Crippen molar-refractivity contribution in [1.82, 2.24) is 14.8 Å². The van der Waals surface area contributed by atoms with Gasteiger partial charge in [-0.3, -0.25) is 0 Å². The highest BCUT2D eigenvalue weighted by Gasteiger charge is 2.06. The number of aryl methyl sites for hydroxylation is 3. The van der Waals surface area contributed by atoms with Crippen LogP contribution in [0.4, 0.5) is 0 Å². The molecular weight excluding hydrogens is 230 g/mol. The van der Waals surface area contributed by atoms with Gasteiger partial charge in [-0.05, 0) is 26.3 Å². The Morgan fingerprint density at radius 3 is 2.24 bits per heavy atom. The van der Waals surface area contributed by atoms with E-state index in [9.17, 15) is 0 Å². The first-order valence-corrected chi connectivity index (χ1v) is 6.61. The van der Waals surface area contributed by atoms with Crippen molar-refractivity contribution in [2.75, 3.05) is 0 Å². The minimum Gasteiger partial charge on any atom is -0.309 e. The van der Waals surface area contributed by atoms with E-state index in [1.807, 2.05) is 18.5 Å². The molecule has 0 fully saturated rings. The van der Waals surface area contributed by atoms with Gasteiger partial charge in [0.15, 0.2) is 5.16 Å². The quantitative estimate of drug-likeness (QED) is 0.781. The normalized spacial score (nSPS) is 10.8. The molecule has 0 aliphatic rings. The highest BCUT2D eigenvalue weighted by molar-refractivity contribution is 7.98. The van der Waals surface area contributed by atoms with E-state index in [1.54, 1.807) is 11.8 Å². The smallest absolute Gasteiger partial charge is 0.191 e. The van der Waals surface area contributed by atoms with Gasteiger partial charge in [-0.2, -0.15) is 0 Å². The first-order valence-electron chi connectivity index (χ1n) is 5.62. The summed E-state index contributed by atoms with van der Waals surface area (Å²) in [5, 5.41) is 9.18. The van der Waals surface area contributed by atoms with E-state index in [0.717, 1.165) is 16.7 Å². The molecule has 0 saturated carbocycles. The van der Waals surface area contributed by atoms with Gasteiger partial charge >= 0.3 is 0 Å². The van der Waals surface area contributed by atoms with Gasteiger partial charge < -0.3 is 4.57 Å². The molecule has 4 heteroatoms. The molecule has 0 aliphatic heterocycles. The fourth-order valence-corrected chi connectivity index (χ4v) is 2.70. The maximum absolute atomic E-state index is 4.15. The van der Waals surface area contributed by atoms with Crippen molar-refractivity contribution in [3.63, 3.8) is 0 Å². The van der Waals surface area contributed by atoms with Gasteiger partial charge in [-0.1, -0.05) is 41.1 Å². The van der Waals surface area contributed by atoms with Crippen LogP contribution in [0.15, 0.2) is 23.4 Å². The highest BCUT2D eigenvalue weighted by Crippen LogP contribution is 2.22. The molecule has 0 atom stereocenters. The van der Waals surface area contributed by atoms with Crippen molar-refractivity contribution in [2.45, 2.75) is 31.7 Å². The monoisotopic (exact) mass is 247 g/mol. The number of benzene rings is 1. The van der Waals surface area contributed by atoms with Crippen LogP contribution in [0.1, 0.15) is 22.5 Å². The van der Waals surface area contributed by atoms with Crippen LogP contribution < -0.4 is 0 Å². The summed E-state index contributed by atoms with van der Waals surface area (Å²) < 4.78 is 2.02. The lowest BCUT2D eigenvalue weighted by Gasteiger charge is -2.04. The second-order valence-corrected chi connectivity index (χ2v) is 5.32. The molecule has 90 valence electrons. The molecule has 0 spiro atoms. The Morgan fingerprint density at radius 1 is 1.06 bits per heavy atom. The number of aromatic nitrogens is 3. The molecule has 17 heavy (non-hydrogen) atoms. The first-order chi connectivity index (χ1) is 8.06. The standard InChI is InChI=1S/C13H17N3S/c1-9-5-10(2)7-12(6-9)8-17-13-15-14-11(3)16(13)4/h5-7H,8H2,1-4H3. The van der Waals surface area contributed by atoms with Crippen LogP contribution in [0.5, 0.6) is 0 Å². The zero-order chi connectivity index (χ0) is 12.4. The third kappa shape index (κ3) is 2.88. The fraction of sp³-hybridized carbons (Fsp3) is 0.385. The maximum Gasteiger partial charge on any atom is 0.191 e. The Bertz CT molecular complexity index is 511. The Balaban J connectivity index is 2.09. The van der Waals surface area contributed by atoms with Gasteiger partial charge in [0.2, 0.25) is 0 Å². The molecule has 1 heterocycles. The van der Waals surface area contributed by atoms with Crippen molar-refractivity contribution in [1.29, 1.82) is 0 Å². The molecule has 0 bridgehead atoms. The van der Waals surface area contributed by atoms with E-state index < -0.39 is 0 Å². The van der Waals surface area contributed by atoms with Crippen molar-refractivity contribution in [2.24, 2.45) is 7.05 Å². The lowest BCUT2D eigenvalue weighted by molar-refractivity contribution is 0.765. The average molecular weight is 247 g/mol. The van der Waals surface area contributed by atoms with Crippen molar-refractivity contribution in [3.05, 3.63) is 40.7 Å². The number of hydrogen-bond donors (Lipinski definition) is 0. The average Bonchev–Trinajstić information content (AvgIpc) is 2.56. The van der Waals surface area contributed by atoms with Crippen LogP contribution in [0, 0.1) is 20.8 Å². The van der Waals surface area contributed by atoms with Crippen LogP contribution in [0.25, 0.3) is 0 Å². The van der Waals surface area contributed by atoms with Gasteiger partial charge in [-0.15, -0.1) is 10.2 Å². The summed E-state index contributed by atoms with van der Waals surface area (Å²) in [6.07, 6.45) is 0. The molecule has 1 aromatic carbocycles. The van der Waals surface area contributed by atoms with Gasteiger partial charge in [0, 0.05) is 12.8 Å². The summed E-state index contributed by atoms with van der Waals surface area (Å²) in [6.45, 7) is 6.23. The van der Waals surface area contributed by atoms with Crippen LogP contribution >= 0.6 is 11.8 Å². The largest absolute Gasteiger partial charge is 0.309 e. The summed E-state index contributed by atoms with van der Waals surface area (Å²) in [7, 11) is 2.00. The van der Waals surface area contributed by atoms with Gasteiger partial charge in [0.25, 0.3) is 0 Å².